The van der Waals surface area contributed by atoms with Crippen LogP contribution in [0.2, 0.25) is 0 Å². The zero-order valence-electron chi connectivity index (χ0n) is 10.6. The smallest absolute Gasteiger partial charge is 0.279 e. The molecule has 0 bridgehead atoms. The first-order valence-corrected chi connectivity index (χ1v) is 6.84. The number of hydrogen-bond acceptors (Lipinski definition) is 5. The van der Waals surface area contributed by atoms with Crippen LogP contribution in [0.25, 0.3) is 0 Å². The van der Waals surface area contributed by atoms with Crippen molar-refractivity contribution in [1.29, 1.82) is 0 Å². The number of anilines is 1. The second-order valence-electron chi connectivity index (χ2n) is 3.95. The molecule has 0 aliphatic carbocycles. The van der Waals surface area contributed by atoms with Gasteiger partial charge in [0.15, 0.2) is 0 Å². The van der Waals surface area contributed by atoms with Gasteiger partial charge in [-0.3, -0.25) is 9.59 Å². The van der Waals surface area contributed by atoms with Crippen molar-refractivity contribution in [3.05, 3.63) is 24.3 Å². The first-order chi connectivity index (χ1) is 9.19. The van der Waals surface area contributed by atoms with Gasteiger partial charge in [0.25, 0.3) is 5.24 Å². The first kappa shape index (κ1) is 16.6. The highest BCUT2D eigenvalue weighted by Crippen LogP contribution is 2.18. The Morgan fingerprint density at radius 2 is 2.15 bits per heavy atom. The molecule has 8 heteroatoms. The highest BCUT2D eigenvalue weighted by atomic mass is 35.5. The Bertz CT molecular complexity index is 470. The summed E-state index contributed by atoms with van der Waals surface area (Å²) in [5.74, 6) is 0.949. The number of nitrogens with one attached hydrogen (secondary N) is 2. The molecule has 1 atom stereocenters. The summed E-state index contributed by atoms with van der Waals surface area (Å²) in [6.07, 6.45) is 0. The van der Waals surface area contributed by atoms with Crippen LogP contribution in [0.3, 0.4) is 0 Å². The molecule has 1 heterocycles. The van der Waals surface area contributed by atoms with Gasteiger partial charge >= 0.3 is 0 Å². The largest absolute Gasteiger partial charge is 0.492 e. The number of rotatable bonds is 5. The molecule has 0 radical (unpaired) electrons. The summed E-state index contributed by atoms with van der Waals surface area (Å²) in [6, 6.07) is 6.53. The third-order valence-corrected chi connectivity index (χ3v) is 3.38. The van der Waals surface area contributed by atoms with Crippen molar-refractivity contribution in [2.45, 2.75) is 6.04 Å². The van der Waals surface area contributed by atoms with E-state index >= 15 is 0 Å². The van der Waals surface area contributed by atoms with Crippen LogP contribution in [0.5, 0.6) is 5.75 Å². The lowest BCUT2D eigenvalue weighted by molar-refractivity contribution is -0.117. The number of halogens is 1. The van der Waals surface area contributed by atoms with Gasteiger partial charge in [-0.15, -0.1) is 12.4 Å². The summed E-state index contributed by atoms with van der Waals surface area (Å²) in [6.45, 7) is 0.911. The number of carbonyl (C=O) groups is 2. The SMILES string of the molecule is Cl.NCCOc1ccc(NC(=O)[C@@H]2CSC(=O)N2)cc1. The predicted octanol–water partition coefficient (Wildman–Crippen LogP) is 1.21. The van der Waals surface area contributed by atoms with Crippen molar-refractivity contribution in [2.75, 3.05) is 24.2 Å². The van der Waals surface area contributed by atoms with Crippen LogP contribution in [-0.4, -0.2) is 36.1 Å². The standard InChI is InChI=1S/C12H15N3O3S.ClH/c13-5-6-18-9-3-1-8(2-4-9)14-11(16)10-7-19-12(17)15-10;/h1-4,10H,5-7,13H2,(H,14,16)(H,15,17);1H/t10-;/m0./s1. The van der Waals surface area contributed by atoms with Gasteiger partial charge in [0.1, 0.15) is 18.4 Å². The molecule has 2 amide bonds. The molecule has 110 valence electrons. The van der Waals surface area contributed by atoms with Crippen molar-refractivity contribution >= 4 is 41.0 Å². The number of ether oxygens (including phenoxy) is 1. The maximum absolute atomic E-state index is 11.8. The summed E-state index contributed by atoms with van der Waals surface area (Å²) in [7, 11) is 0. The van der Waals surface area contributed by atoms with Gasteiger partial charge in [-0.05, 0) is 24.3 Å². The predicted molar refractivity (Wildman–Crippen MR) is 81.6 cm³/mol. The molecule has 1 aromatic carbocycles. The minimum atomic E-state index is -0.467. The number of nitrogens with two attached hydrogens (primary N) is 1. The van der Waals surface area contributed by atoms with E-state index in [9.17, 15) is 9.59 Å². The zero-order valence-corrected chi connectivity index (χ0v) is 12.3. The molecule has 4 N–H and O–H groups in total. The van der Waals surface area contributed by atoms with E-state index in [0.717, 1.165) is 11.8 Å². The zero-order chi connectivity index (χ0) is 13.7. The normalized spacial score (nSPS) is 17.1. The highest BCUT2D eigenvalue weighted by Gasteiger charge is 2.27. The first-order valence-electron chi connectivity index (χ1n) is 5.86. The Balaban J connectivity index is 0.00000200. The Labute approximate surface area is 127 Å². The molecule has 0 unspecified atom stereocenters. The van der Waals surface area contributed by atoms with Gasteiger partial charge in [-0.1, -0.05) is 11.8 Å². The van der Waals surface area contributed by atoms with E-state index in [-0.39, 0.29) is 23.6 Å². The van der Waals surface area contributed by atoms with E-state index in [0.29, 0.717) is 30.3 Å². The van der Waals surface area contributed by atoms with Crippen LogP contribution < -0.4 is 21.1 Å². The van der Waals surface area contributed by atoms with Crippen LogP contribution in [0, 0.1) is 0 Å². The van der Waals surface area contributed by atoms with Gasteiger partial charge in [0.2, 0.25) is 5.91 Å². The van der Waals surface area contributed by atoms with E-state index in [4.69, 9.17) is 10.5 Å². The van der Waals surface area contributed by atoms with E-state index < -0.39 is 6.04 Å². The molecule has 1 saturated heterocycles. The molecule has 0 saturated carbocycles. The van der Waals surface area contributed by atoms with Crippen LogP contribution in [0.4, 0.5) is 10.5 Å². The third kappa shape index (κ3) is 4.59. The molecule has 0 spiro atoms. The summed E-state index contributed by atoms with van der Waals surface area (Å²) < 4.78 is 5.33. The Hall–Kier alpha value is -1.44. The second kappa shape index (κ2) is 7.98. The Kier molecular flexibility index (Phi) is 6.63. The number of carbonyl (C=O) groups excluding carboxylic acids is 2. The van der Waals surface area contributed by atoms with Gasteiger partial charge in [-0.25, -0.2) is 0 Å². The lowest BCUT2D eigenvalue weighted by atomic mass is 10.2. The van der Waals surface area contributed by atoms with Gasteiger partial charge in [0, 0.05) is 18.0 Å². The van der Waals surface area contributed by atoms with Gasteiger partial charge in [0.05, 0.1) is 0 Å². The number of benzene rings is 1. The second-order valence-corrected chi connectivity index (χ2v) is 4.94. The molecule has 1 aromatic rings. The molecule has 6 nitrogen and oxygen atoms in total. The maximum Gasteiger partial charge on any atom is 0.279 e. The fraction of sp³-hybridized carbons (Fsp3) is 0.333. The summed E-state index contributed by atoms with van der Waals surface area (Å²) in [4.78, 5) is 22.8. The molecule has 1 aliphatic rings. The lowest BCUT2D eigenvalue weighted by Gasteiger charge is -2.11. The van der Waals surface area contributed by atoms with Crippen molar-refractivity contribution < 1.29 is 14.3 Å². The van der Waals surface area contributed by atoms with E-state index in [1.807, 2.05) is 0 Å². The van der Waals surface area contributed by atoms with Crippen LogP contribution >= 0.6 is 24.2 Å². The average molecular weight is 318 g/mol. The van der Waals surface area contributed by atoms with Gasteiger partial charge in [-0.2, -0.15) is 0 Å². The van der Waals surface area contributed by atoms with Crippen molar-refractivity contribution in [3.63, 3.8) is 0 Å². The topological polar surface area (TPSA) is 93.4 Å². The highest BCUT2D eigenvalue weighted by molar-refractivity contribution is 8.14. The number of hydrogen-bond donors (Lipinski definition) is 3. The van der Waals surface area contributed by atoms with Gasteiger partial charge < -0.3 is 21.1 Å². The minimum absolute atomic E-state index is 0. The van der Waals surface area contributed by atoms with Crippen molar-refractivity contribution in [3.8, 4) is 5.75 Å². The van der Waals surface area contributed by atoms with Crippen molar-refractivity contribution in [1.82, 2.24) is 5.32 Å². The maximum atomic E-state index is 11.8. The van der Waals surface area contributed by atoms with E-state index in [1.54, 1.807) is 24.3 Å². The van der Waals surface area contributed by atoms with Crippen LogP contribution in [0.15, 0.2) is 24.3 Å². The summed E-state index contributed by atoms with van der Waals surface area (Å²) in [5, 5.41) is 5.17. The molecular weight excluding hydrogens is 302 g/mol. The molecule has 2 rings (SSSR count). The quantitative estimate of drug-likeness (QED) is 0.759. The Morgan fingerprint density at radius 3 is 2.70 bits per heavy atom. The summed E-state index contributed by atoms with van der Waals surface area (Å²) >= 11 is 1.11. The number of thioether (sulfide) groups is 1. The number of amides is 2. The Morgan fingerprint density at radius 1 is 1.45 bits per heavy atom. The molecule has 1 aliphatic heterocycles. The minimum Gasteiger partial charge on any atom is -0.492 e. The van der Waals surface area contributed by atoms with Crippen molar-refractivity contribution in [2.24, 2.45) is 5.73 Å². The molecule has 0 aromatic heterocycles. The van der Waals surface area contributed by atoms with Crippen LogP contribution in [0.1, 0.15) is 0 Å². The fourth-order valence-corrected chi connectivity index (χ4v) is 2.34. The average Bonchev–Trinajstić information content (AvgIpc) is 2.85. The summed E-state index contributed by atoms with van der Waals surface area (Å²) in [5.41, 5.74) is 6.00. The monoisotopic (exact) mass is 317 g/mol. The van der Waals surface area contributed by atoms with E-state index in [1.165, 1.54) is 0 Å². The van der Waals surface area contributed by atoms with E-state index in [2.05, 4.69) is 10.6 Å². The lowest BCUT2D eigenvalue weighted by Crippen LogP contribution is -2.38. The fourth-order valence-electron chi connectivity index (χ4n) is 1.57. The van der Waals surface area contributed by atoms with Crippen LogP contribution in [-0.2, 0) is 4.79 Å². The molecule has 1 fully saturated rings. The molecule has 20 heavy (non-hydrogen) atoms. The third-order valence-electron chi connectivity index (χ3n) is 2.50. The molecular formula is C12H16ClN3O3S.